The topological polar surface area (TPSA) is 122 Å². The van der Waals surface area contributed by atoms with Crippen LogP contribution in [0.1, 0.15) is 18.9 Å². The molecule has 1 atom stereocenters. The number of sulfonamides is 1. The highest BCUT2D eigenvalue weighted by Crippen LogP contribution is 2.28. The van der Waals surface area contributed by atoms with Crippen LogP contribution < -0.4 is 20.1 Å². The molecule has 3 N–H and O–H groups in total. The summed E-state index contributed by atoms with van der Waals surface area (Å²) in [6, 6.07) is 21.5. The first kappa shape index (κ1) is 27.2. The minimum Gasteiger partial charge on any atom is -0.494 e. The predicted octanol–water partition coefficient (Wildman–Crippen LogP) is 3.31. The molecule has 3 aromatic rings. The molecular formula is C27H28N4O5S2. The fraction of sp³-hybridized carbons (Fsp3) is 0.222. The van der Waals surface area contributed by atoms with Crippen molar-refractivity contribution in [3.8, 4) is 5.75 Å². The number of hydrogen-bond donors (Lipinski definition) is 2. The number of hydrogen-bond acceptors (Lipinski definition) is 6. The molecule has 0 unspecified atom stereocenters. The fourth-order valence-electron chi connectivity index (χ4n) is 4.22. The number of thiocarbonyl (C=S) groups is 1. The van der Waals surface area contributed by atoms with E-state index in [-0.39, 0.29) is 23.1 Å². The predicted molar refractivity (Wildman–Crippen MR) is 149 cm³/mol. The Bertz CT molecular complexity index is 1430. The van der Waals surface area contributed by atoms with E-state index in [1.165, 1.54) is 17.0 Å². The Labute approximate surface area is 227 Å². The molecule has 1 fully saturated rings. The van der Waals surface area contributed by atoms with Gasteiger partial charge in [0.05, 0.1) is 23.6 Å². The summed E-state index contributed by atoms with van der Waals surface area (Å²) < 4.78 is 28.6. The fourth-order valence-corrected chi connectivity index (χ4v) is 5.14. The zero-order valence-corrected chi connectivity index (χ0v) is 22.4. The van der Waals surface area contributed by atoms with E-state index < -0.39 is 16.1 Å². The third-order valence-electron chi connectivity index (χ3n) is 6.03. The SMILES string of the molecule is CCOc1cccc(NC(=O)C[C@@H]2C(=O)N(c3ccccc3)C(=S)N2CCc2ccc(S(N)(=O)=O)cc2)c1. The highest BCUT2D eigenvalue weighted by molar-refractivity contribution is 7.89. The lowest BCUT2D eigenvalue weighted by atomic mass is 10.1. The van der Waals surface area contributed by atoms with Gasteiger partial charge in [-0.1, -0.05) is 36.4 Å². The van der Waals surface area contributed by atoms with Crippen molar-refractivity contribution in [1.82, 2.24) is 4.90 Å². The standard InChI is InChI=1S/C27H28N4O5S2/c1-2-36-22-10-6-7-20(17-22)29-25(32)18-24-26(33)31(21-8-4-3-5-9-21)27(37)30(24)16-15-19-11-13-23(14-12-19)38(28,34)35/h3-14,17,24H,2,15-16,18H2,1H3,(H,29,32)(H2,28,34,35)/t24-/m1/s1. The van der Waals surface area contributed by atoms with Crippen LogP contribution in [0.25, 0.3) is 0 Å². The van der Waals surface area contributed by atoms with Gasteiger partial charge in [-0.3, -0.25) is 14.5 Å². The second kappa shape index (κ2) is 11.7. The Balaban J connectivity index is 1.53. The third kappa shape index (κ3) is 6.36. The molecule has 1 saturated heterocycles. The minimum absolute atomic E-state index is 0.0197. The van der Waals surface area contributed by atoms with Gasteiger partial charge < -0.3 is 15.0 Å². The van der Waals surface area contributed by atoms with Crippen molar-refractivity contribution in [2.24, 2.45) is 5.14 Å². The number of anilines is 2. The lowest BCUT2D eigenvalue weighted by molar-refractivity contribution is -0.124. The number of nitrogens with one attached hydrogen (secondary N) is 1. The number of rotatable bonds is 10. The number of ether oxygens (including phenoxy) is 1. The smallest absolute Gasteiger partial charge is 0.256 e. The molecule has 0 saturated carbocycles. The maximum Gasteiger partial charge on any atom is 0.256 e. The van der Waals surface area contributed by atoms with E-state index in [4.69, 9.17) is 22.1 Å². The van der Waals surface area contributed by atoms with E-state index in [0.29, 0.717) is 41.8 Å². The van der Waals surface area contributed by atoms with E-state index >= 15 is 0 Å². The second-order valence-electron chi connectivity index (χ2n) is 8.65. The van der Waals surface area contributed by atoms with Gasteiger partial charge in [-0.25, -0.2) is 13.6 Å². The molecule has 11 heteroatoms. The van der Waals surface area contributed by atoms with Crippen LogP contribution in [-0.4, -0.2) is 49.4 Å². The minimum atomic E-state index is -3.79. The quantitative estimate of drug-likeness (QED) is 0.370. The van der Waals surface area contributed by atoms with Crippen molar-refractivity contribution in [2.45, 2.75) is 30.7 Å². The van der Waals surface area contributed by atoms with Crippen molar-refractivity contribution in [3.05, 3.63) is 84.4 Å². The monoisotopic (exact) mass is 552 g/mol. The highest BCUT2D eigenvalue weighted by atomic mass is 32.2. The van der Waals surface area contributed by atoms with Crippen molar-refractivity contribution in [3.63, 3.8) is 0 Å². The molecule has 9 nitrogen and oxygen atoms in total. The van der Waals surface area contributed by atoms with Crippen LogP contribution in [0.4, 0.5) is 11.4 Å². The average molecular weight is 553 g/mol. The van der Waals surface area contributed by atoms with Gasteiger partial charge in [0.1, 0.15) is 11.8 Å². The Morgan fingerprint density at radius 3 is 2.42 bits per heavy atom. The van der Waals surface area contributed by atoms with Gasteiger partial charge in [0.15, 0.2) is 5.11 Å². The molecule has 0 radical (unpaired) electrons. The van der Waals surface area contributed by atoms with Crippen molar-refractivity contribution in [1.29, 1.82) is 0 Å². The van der Waals surface area contributed by atoms with Crippen LogP contribution in [0.2, 0.25) is 0 Å². The molecule has 3 aromatic carbocycles. The summed E-state index contributed by atoms with van der Waals surface area (Å²) in [7, 11) is -3.79. The average Bonchev–Trinajstić information content (AvgIpc) is 3.11. The van der Waals surface area contributed by atoms with Gasteiger partial charge in [-0.05, 0) is 67.5 Å². The van der Waals surface area contributed by atoms with Gasteiger partial charge in [0.25, 0.3) is 5.91 Å². The number of carbonyl (C=O) groups is 2. The maximum absolute atomic E-state index is 13.5. The Kier molecular flexibility index (Phi) is 8.40. The third-order valence-corrected chi connectivity index (χ3v) is 7.38. The number of amides is 2. The first-order chi connectivity index (χ1) is 18.2. The lowest BCUT2D eigenvalue weighted by Crippen LogP contribution is -2.39. The van der Waals surface area contributed by atoms with Crippen LogP contribution >= 0.6 is 12.2 Å². The molecule has 1 heterocycles. The number of carbonyl (C=O) groups excluding carboxylic acids is 2. The molecule has 1 aliphatic rings. The molecule has 2 amide bonds. The van der Waals surface area contributed by atoms with E-state index in [0.717, 1.165) is 5.56 Å². The van der Waals surface area contributed by atoms with Gasteiger partial charge in [0, 0.05) is 18.3 Å². The van der Waals surface area contributed by atoms with Gasteiger partial charge >= 0.3 is 0 Å². The van der Waals surface area contributed by atoms with E-state index in [2.05, 4.69) is 5.32 Å². The van der Waals surface area contributed by atoms with Crippen LogP contribution in [0.5, 0.6) is 5.75 Å². The molecule has 0 aliphatic carbocycles. The van der Waals surface area contributed by atoms with E-state index in [1.807, 2.05) is 25.1 Å². The normalized spacial score (nSPS) is 15.6. The Morgan fingerprint density at radius 1 is 1.05 bits per heavy atom. The number of primary sulfonamides is 1. The molecule has 1 aliphatic heterocycles. The summed E-state index contributed by atoms with van der Waals surface area (Å²) >= 11 is 5.70. The summed E-state index contributed by atoms with van der Waals surface area (Å²) in [5, 5.41) is 8.33. The summed E-state index contributed by atoms with van der Waals surface area (Å²) in [6.45, 7) is 2.72. The molecule has 4 rings (SSSR count). The molecular weight excluding hydrogens is 524 g/mol. The first-order valence-corrected chi connectivity index (χ1v) is 14.0. The Morgan fingerprint density at radius 2 is 1.76 bits per heavy atom. The van der Waals surface area contributed by atoms with Gasteiger partial charge in [0.2, 0.25) is 15.9 Å². The van der Waals surface area contributed by atoms with Crippen LogP contribution in [0.15, 0.2) is 83.8 Å². The van der Waals surface area contributed by atoms with Crippen LogP contribution in [-0.2, 0) is 26.0 Å². The van der Waals surface area contributed by atoms with E-state index in [1.54, 1.807) is 53.4 Å². The zero-order chi connectivity index (χ0) is 27.3. The molecule has 38 heavy (non-hydrogen) atoms. The van der Waals surface area contributed by atoms with Crippen molar-refractivity contribution < 1.29 is 22.7 Å². The summed E-state index contributed by atoms with van der Waals surface area (Å²) in [4.78, 5) is 29.8. The summed E-state index contributed by atoms with van der Waals surface area (Å²) in [5.41, 5.74) is 2.02. The maximum atomic E-state index is 13.5. The summed E-state index contributed by atoms with van der Waals surface area (Å²) in [5.74, 6) is 0.00922. The van der Waals surface area contributed by atoms with Gasteiger partial charge in [-0.2, -0.15) is 0 Å². The molecule has 0 aromatic heterocycles. The second-order valence-corrected chi connectivity index (χ2v) is 10.6. The largest absolute Gasteiger partial charge is 0.494 e. The van der Waals surface area contributed by atoms with Gasteiger partial charge in [-0.15, -0.1) is 0 Å². The van der Waals surface area contributed by atoms with Crippen molar-refractivity contribution >= 4 is 50.5 Å². The molecule has 0 bridgehead atoms. The first-order valence-electron chi connectivity index (χ1n) is 12.0. The molecule has 0 spiro atoms. The zero-order valence-electron chi connectivity index (χ0n) is 20.7. The lowest BCUT2D eigenvalue weighted by Gasteiger charge is -2.24. The number of para-hydroxylation sites is 1. The van der Waals surface area contributed by atoms with E-state index in [9.17, 15) is 18.0 Å². The summed E-state index contributed by atoms with van der Waals surface area (Å²) in [6.07, 6.45) is 0.362. The Hall–Kier alpha value is -3.80. The highest BCUT2D eigenvalue weighted by Gasteiger charge is 2.43. The number of benzene rings is 3. The number of nitrogens with two attached hydrogens (primary N) is 1. The number of nitrogens with zero attached hydrogens (tertiary/aromatic N) is 2. The van der Waals surface area contributed by atoms with Crippen molar-refractivity contribution in [2.75, 3.05) is 23.4 Å². The molecule has 198 valence electrons. The van der Waals surface area contributed by atoms with Crippen LogP contribution in [0.3, 0.4) is 0 Å². The van der Waals surface area contributed by atoms with Crippen LogP contribution in [0, 0.1) is 0 Å².